The summed E-state index contributed by atoms with van der Waals surface area (Å²) in [6.45, 7) is 8.56. The first kappa shape index (κ1) is 21.2. The Morgan fingerprint density at radius 2 is 1.38 bits per heavy atom. The number of rotatable bonds is 5. The topological polar surface area (TPSA) is 65.5 Å². The number of nitrogens with one attached hydrogen (secondary N) is 2. The molecule has 2 aliphatic rings. The summed E-state index contributed by atoms with van der Waals surface area (Å²) in [7, 11) is 1.72. The van der Waals surface area contributed by atoms with Crippen LogP contribution in [0.4, 0.5) is 0 Å². The predicted molar refractivity (Wildman–Crippen MR) is 141 cm³/mol. The van der Waals surface area contributed by atoms with Crippen LogP contribution in [0.5, 0.6) is 5.75 Å². The first-order valence-corrected chi connectivity index (χ1v) is 12.3. The summed E-state index contributed by atoms with van der Waals surface area (Å²) in [4.78, 5) is 17.3. The van der Waals surface area contributed by atoms with Gasteiger partial charge in [-0.05, 0) is 72.9 Å². The average molecular weight is 453 g/mol. The van der Waals surface area contributed by atoms with Gasteiger partial charge in [-0.25, -0.2) is 0 Å². The molecule has 0 bridgehead atoms. The van der Waals surface area contributed by atoms with Crippen molar-refractivity contribution in [3.05, 3.63) is 64.5 Å². The second-order valence-electron chi connectivity index (χ2n) is 10.6. The summed E-state index contributed by atoms with van der Waals surface area (Å²) >= 11 is 0. The maximum absolute atomic E-state index is 5.44. The van der Waals surface area contributed by atoms with Gasteiger partial charge in [0.05, 0.1) is 29.9 Å². The lowest BCUT2D eigenvalue weighted by Gasteiger charge is -2.28. The Bertz CT molecular complexity index is 1480. The summed E-state index contributed by atoms with van der Waals surface area (Å²) in [5, 5.41) is 2.64. The van der Waals surface area contributed by atoms with Crippen LogP contribution in [0, 0.1) is 12.3 Å². The minimum absolute atomic E-state index is 0.0308. The Balaban J connectivity index is 1.29. The molecule has 0 amide bonds. The smallest absolute Gasteiger partial charge is 0.120 e. The van der Waals surface area contributed by atoms with Gasteiger partial charge in [-0.1, -0.05) is 26.0 Å². The first-order chi connectivity index (χ1) is 16.4. The molecule has 2 aromatic heterocycles. The first-order valence-electron chi connectivity index (χ1n) is 12.3. The Kier molecular flexibility index (Phi) is 4.91. The van der Waals surface area contributed by atoms with E-state index in [2.05, 4.69) is 61.1 Å². The van der Waals surface area contributed by atoms with Crippen molar-refractivity contribution < 1.29 is 4.74 Å². The van der Waals surface area contributed by atoms with E-state index in [4.69, 9.17) is 14.7 Å². The number of H-pyrrole nitrogens is 2. The largest absolute Gasteiger partial charge is 0.497 e. The minimum atomic E-state index is 0.0308. The van der Waals surface area contributed by atoms with Crippen LogP contribution in [-0.2, 0) is 12.8 Å². The Morgan fingerprint density at radius 3 is 1.97 bits per heavy atom. The third kappa shape index (κ3) is 3.54. The molecule has 0 saturated carbocycles. The molecule has 0 atom stereocenters. The highest BCUT2D eigenvalue weighted by Gasteiger charge is 2.30. The van der Waals surface area contributed by atoms with Gasteiger partial charge in [0, 0.05) is 41.0 Å². The number of nitrogens with zero attached hydrogens (tertiary/aromatic N) is 2. The molecule has 0 aliphatic carbocycles. The Hall–Kier alpha value is -3.34. The zero-order chi connectivity index (χ0) is 23.4. The molecule has 174 valence electrons. The Labute approximate surface area is 200 Å². The molecule has 4 aromatic rings. The van der Waals surface area contributed by atoms with E-state index in [9.17, 15) is 0 Å². The number of hydrogen-bond acceptors (Lipinski definition) is 3. The molecule has 5 heteroatoms. The summed E-state index contributed by atoms with van der Waals surface area (Å²) < 4.78 is 5.44. The number of aryl methyl sites for hydroxylation is 1. The quantitative estimate of drug-likeness (QED) is 0.374. The molecule has 5 nitrogen and oxygen atoms in total. The number of benzene rings is 2. The second-order valence-corrected chi connectivity index (χ2v) is 10.6. The summed E-state index contributed by atoms with van der Waals surface area (Å²) in [6.07, 6.45) is 3.83. The van der Waals surface area contributed by atoms with E-state index in [1.165, 1.54) is 55.8 Å². The highest BCUT2D eigenvalue weighted by atomic mass is 16.5. The zero-order valence-electron chi connectivity index (χ0n) is 20.5. The van der Waals surface area contributed by atoms with E-state index < -0.39 is 0 Å². The number of aliphatic imine (C=N–C) groups is 2. The molecule has 6 rings (SSSR count). The van der Waals surface area contributed by atoms with Gasteiger partial charge >= 0.3 is 0 Å². The van der Waals surface area contributed by atoms with Crippen molar-refractivity contribution in [2.75, 3.05) is 20.2 Å². The fraction of sp³-hybridized carbons (Fsp3) is 0.379. The molecule has 0 radical (unpaired) electrons. The number of hydrogen-bond donors (Lipinski definition) is 2. The molecule has 0 spiro atoms. The number of methoxy groups -OCH3 is 1. The van der Waals surface area contributed by atoms with E-state index in [0.29, 0.717) is 0 Å². The molecule has 0 saturated heterocycles. The van der Waals surface area contributed by atoms with Gasteiger partial charge in [0.15, 0.2) is 0 Å². The van der Waals surface area contributed by atoms with E-state index >= 15 is 0 Å². The zero-order valence-corrected chi connectivity index (χ0v) is 20.5. The molecule has 2 aromatic carbocycles. The minimum Gasteiger partial charge on any atom is -0.497 e. The fourth-order valence-corrected chi connectivity index (χ4v) is 5.76. The SMILES string of the molecule is COc1ccc2c3c([nH]c2c1)C(CC(C)(C)CC1=NCCc2c1[nH]c1cc(C)ccc21)=NCC3. The van der Waals surface area contributed by atoms with Crippen LogP contribution in [0.25, 0.3) is 21.8 Å². The lowest BCUT2D eigenvalue weighted by molar-refractivity contribution is 0.399. The third-order valence-electron chi connectivity index (χ3n) is 7.37. The molecule has 4 heterocycles. The van der Waals surface area contributed by atoms with Crippen LogP contribution in [0.3, 0.4) is 0 Å². The highest BCUT2D eigenvalue weighted by molar-refractivity contribution is 6.09. The van der Waals surface area contributed by atoms with E-state index in [1.54, 1.807) is 7.11 Å². The second kappa shape index (κ2) is 7.86. The van der Waals surface area contributed by atoms with E-state index in [0.717, 1.165) is 50.0 Å². The fourth-order valence-electron chi connectivity index (χ4n) is 5.76. The number of fused-ring (bicyclic) bond motifs is 6. The van der Waals surface area contributed by atoms with Crippen molar-refractivity contribution in [2.24, 2.45) is 15.4 Å². The normalized spacial score (nSPS) is 15.8. The highest BCUT2D eigenvalue weighted by Crippen LogP contribution is 2.36. The van der Waals surface area contributed by atoms with E-state index in [1.807, 2.05) is 6.07 Å². The molecular formula is C29H32N4O. The maximum Gasteiger partial charge on any atom is 0.120 e. The standard InChI is InChI=1S/C29H32N4O/c1-17-5-7-19-21-9-11-30-25(27(21)32-23(19)13-17)15-29(2,3)16-26-28-22(10-12-31-26)20-8-6-18(34-4)14-24(20)33-28/h5-8,13-14,32-33H,9-12,15-16H2,1-4H3. The van der Waals surface area contributed by atoms with Gasteiger partial charge in [0.1, 0.15) is 5.75 Å². The number of aromatic nitrogens is 2. The van der Waals surface area contributed by atoms with Crippen molar-refractivity contribution in [1.29, 1.82) is 0 Å². The lowest BCUT2D eigenvalue weighted by Crippen LogP contribution is -2.26. The van der Waals surface area contributed by atoms with Gasteiger partial charge in [0.25, 0.3) is 0 Å². The molecular weight excluding hydrogens is 420 g/mol. The van der Waals surface area contributed by atoms with Gasteiger partial charge in [-0.3, -0.25) is 9.98 Å². The predicted octanol–water partition coefficient (Wildman–Crippen LogP) is 6.16. The number of ether oxygens (including phenoxy) is 1. The van der Waals surface area contributed by atoms with Crippen molar-refractivity contribution in [3.8, 4) is 5.75 Å². The summed E-state index contributed by atoms with van der Waals surface area (Å²) in [5.74, 6) is 0.879. The van der Waals surface area contributed by atoms with Crippen LogP contribution in [0.1, 0.15) is 54.8 Å². The van der Waals surface area contributed by atoms with Crippen LogP contribution >= 0.6 is 0 Å². The molecule has 2 N–H and O–H groups in total. The maximum atomic E-state index is 5.44. The molecule has 2 aliphatic heterocycles. The van der Waals surface area contributed by atoms with Crippen molar-refractivity contribution in [3.63, 3.8) is 0 Å². The average Bonchev–Trinajstić information content (AvgIpc) is 3.37. The van der Waals surface area contributed by atoms with Gasteiger partial charge < -0.3 is 14.7 Å². The Morgan fingerprint density at radius 1 is 0.824 bits per heavy atom. The van der Waals surface area contributed by atoms with Crippen LogP contribution in [0.2, 0.25) is 0 Å². The van der Waals surface area contributed by atoms with Crippen LogP contribution < -0.4 is 4.74 Å². The molecule has 0 fully saturated rings. The van der Waals surface area contributed by atoms with Gasteiger partial charge in [0.2, 0.25) is 0 Å². The number of aromatic amines is 2. The monoisotopic (exact) mass is 452 g/mol. The van der Waals surface area contributed by atoms with Gasteiger partial charge in [-0.15, -0.1) is 0 Å². The molecule has 34 heavy (non-hydrogen) atoms. The van der Waals surface area contributed by atoms with Crippen LogP contribution in [0.15, 0.2) is 46.4 Å². The van der Waals surface area contributed by atoms with Crippen molar-refractivity contribution in [1.82, 2.24) is 9.97 Å². The lowest BCUT2D eigenvalue weighted by atomic mass is 9.79. The summed E-state index contributed by atoms with van der Waals surface area (Å²) in [5.41, 5.74) is 11.3. The van der Waals surface area contributed by atoms with Crippen molar-refractivity contribution >= 4 is 33.2 Å². The van der Waals surface area contributed by atoms with Gasteiger partial charge in [-0.2, -0.15) is 0 Å². The molecule has 0 unspecified atom stereocenters. The van der Waals surface area contributed by atoms with Crippen molar-refractivity contribution in [2.45, 2.75) is 46.5 Å². The van der Waals surface area contributed by atoms with E-state index in [-0.39, 0.29) is 5.41 Å². The third-order valence-corrected chi connectivity index (χ3v) is 7.37. The summed E-state index contributed by atoms with van der Waals surface area (Å²) in [6, 6.07) is 13.0. The van der Waals surface area contributed by atoms with Crippen LogP contribution in [-0.4, -0.2) is 41.6 Å².